The number of nitrogens with zero attached hydrogens (tertiary/aromatic N) is 2. The van der Waals surface area contributed by atoms with Crippen LogP contribution in [0.3, 0.4) is 0 Å². The van der Waals surface area contributed by atoms with E-state index in [1.54, 1.807) is 0 Å². The molecule has 0 aromatic rings. The van der Waals surface area contributed by atoms with Crippen molar-refractivity contribution in [2.75, 3.05) is 0 Å². The van der Waals surface area contributed by atoms with E-state index in [2.05, 4.69) is 5.10 Å². The van der Waals surface area contributed by atoms with Crippen molar-refractivity contribution in [3.8, 4) is 0 Å². The minimum atomic E-state index is -0.354. The number of hydrazone groups is 1. The Morgan fingerprint density at radius 1 is 1.23 bits per heavy atom. The van der Waals surface area contributed by atoms with Crippen molar-refractivity contribution in [3.63, 3.8) is 0 Å². The molecule has 1 aliphatic carbocycles. The quantitative estimate of drug-likeness (QED) is 0.510. The van der Waals surface area contributed by atoms with E-state index in [0.29, 0.717) is 0 Å². The van der Waals surface area contributed by atoms with Crippen molar-refractivity contribution in [1.29, 1.82) is 0 Å². The second-order valence-corrected chi connectivity index (χ2v) is 4.40. The Kier molecular flexibility index (Phi) is 1.90. The van der Waals surface area contributed by atoms with E-state index in [4.69, 9.17) is 0 Å². The van der Waals surface area contributed by atoms with Gasteiger partial charge >= 0.3 is 0 Å². The predicted molar refractivity (Wildman–Crippen MR) is 49.9 cm³/mol. The Labute approximate surface area is 78.8 Å². The van der Waals surface area contributed by atoms with Crippen LogP contribution in [0, 0.1) is 0 Å². The van der Waals surface area contributed by atoms with Crippen molar-refractivity contribution < 1.29 is 9.79 Å². The summed E-state index contributed by atoms with van der Waals surface area (Å²) in [5.41, 5.74) is 1.00. The van der Waals surface area contributed by atoms with Gasteiger partial charge in [-0.05, 0) is 17.9 Å². The van der Waals surface area contributed by atoms with Crippen LogP contribution in [-0.2, 0) is 0 Å². The summed E-state index contributed by atoms with van der Waals surface area (Å²) in [5.74, 6) is 0.0190. The lowest BCUT2D eigenvalue weighted by atomic mass is 9.95. The first-order chi connectivity index (χ1) is 6.12. The van der Waals surface area contributed by atoms with Crippen molar-refractivity contribution in [2.45, 2.75) is 51.5 Å². The fraction of sp³-hybridized carbons (Fsp3) is 0.800. The molecule has 1 saturated carbocycles. The Morgan fingerprint density at radius 2 is 1.85 bits per heavy atom. The Balaban J connectivity index is 2.26. The first kappa shape index (κ1) is 8.73. The van der Waals surface area contributed by atoms with Crippen LogP contribution in [0.5, 0.6) is 0 Å². The number of rotatable bonds is 0. The highest BCUT2D eigenvalue weighted by Gasteiger charge is 2.44. The molecule has 2 aliphatic rings. The lowest BCUT2D eigenvalue weighted by Crippen LogP contribution is -2.58. The van der Waals surface area contributed by atoms with Gasteiger partial charge in [-0.3, -0.25) is 0 Å². The molecule has 0 N–H and O–H groups in total. The average Bonchev–Trinajstić information content (AvgIpc) is 2.15. The zero-order valence-electron chi connectivity index (χ0n) is 8.34. The molecule has 3 heteroatoms. The molecule has 72 valence electrons. The summed E-state index contributed by atoms with van der Waals surface area (Å²) >= 11 is 0. The third-order valence-corrected chi connectivity index (χ3v) is 2.97. The maximum atomic E-state index is 11.2. The molecule has 1 aliphatic heterocycles. The lowest BCUT2D eigenvalue weighted by molar-refractivity contribution is -0.634. The predicted octanol–water partition coefficient (Wildman–Crippen LogP) is 0.870. The van der Waals surface area contributed by atoms with Crippen molar-refractivity contribution in [2.24, 2.45) is 5.10 Å². The van der Waals surface area contributed by atoms with Gasteiger partial charge in [-0.2, -0.15) is 0 Å². The van der Waals surface area contributed by atoms with E-state index in [0.717, 1.165) is 12.8 Å². The van der Waals surface area contributed by atoms with Gasteiger partial charge in [-0.15, -0.1) is 0 Å². The van der Waals surface area contributed by atoms with Gasteiger partial charge < -0.3 is 5.11 Å². The Morgan fingerprint density at radius 3 is 2.31 bits per heavy atom. The summed E-state index contributed by atoms with van der Waals surface area (Å²) in [6.07, 6.45) is 6.09. The third-order valence-electron chi connectivity index (χ3n) is 2.97. The topological polar surface area (TPSA) is 38.4 Å². The molecule has 0 radical (unpaired) electrons. The van der Waals surface area contributed by atoms with Crippen molar-refractivity contribution >= 4 is 11.6 Å². The van der Waals surface area contributed by atoms with Crippen LogP contribution >= 0.6 is 0 Å². The molecule has 0 saturated heterocycles. The van der Waals surface area contributed by atoms with Crippen LogP contribution in [0.15, 0.2) is 5.10 Å². The summed E-state index contributed by atoms with van der Waals surface area (Å²) in [5, 5.41) is 15.1. The Bertz CT molecular complexity index is 281. The minimum Gasteiger partial charge on any atom is -0.853 e. The van der Waals surface area contributed by atoms with Crippen molar-refractivity contribution in [1.82, 2.24) is 0 Å². The summed E-state index contributed by atoms with van der Waals surface area (Å²) in [6.45, 7) is 3.90. The summed E-state index contributed by atoms with van der Waals surface area (Å²) in [4.78, 5) is 0. The van der Waals surface area contributed by atoms with E-state index in [9.17, 15) is 5.11 Å². The third kappa shape index (κ3) is 1.26. The van der Waals surface area contributed by atoms with Gasteiger partial charge in [0.1, 0.15) is 5.90 Å². The summed E-state index contributed by atoms with van der Waals surface area (Å²) in [7, 11) is 0. The number of hydrogen-bond acceptors (Lipinski definition) is 2. The second-order valence-electron chi connectivity index (χ2n) is 4.40. The lowest BCUT2D eigenvalue weighted by Gasteiger charge is -2.33. The van der Waals surface area contributed by atoms with E-state index >= 15 is 0 Å². The monoisotopic (exact) mass is 180 g/mol. The molecule has 0 aromatic heterocycles. The average molecular weight is 180 g/mol. The van der Waals surface area contributed by atoms with Crippen LogP contribution < -0.4 is 5.11 Å². The van der Waals surface area contributed by atoms with Crippen LogP contribution in [0.2, 0.25) is 0 Å². The molecule has 0 bridgehead atoms. The summed E-state index contributed by atoms with van der Waals surface area (Å²) in [6, 6.07) is 0. The van der Waals surface area contributed by atoms with Gasteiger partial charge in [0.05, 0.1) is 0 Å². The highest BCUT2D eigenvalue weighted by atomic mass is 16.3. The molecule has 0 atom stereocenters. The van der Waals surface area contributed by atoms with E-state index < -0.39 is 0 Å². The highest BCUT2D eigenvalue weighted by Crippen LogP contribution is 2.24. The molecular weight excluding hydrogens is 164 g/mol. The van der Waals surface area contributed by atoms with E-state index in [1.807, 2.05) is 18.5 Å². The molecule has 13 heavy (non-hydrogen) atoms. The first-order valence-corrected chi connectivity index (χ1v) is 5.03. The molecule has 2 rings (SSSR count). The van der Waals surface area contributed by atoms with Crippen LogP contribution in [-0.4, -0.2) is 21.8 Å². The molecule has 0 unspecified atom stereocenters. The van der Waals surface area contributed by atoms with Crippen LogP contribution in [0.1, 0.15) is 46.0 Å². The van der Waals surface area contributed by atoms with Gasteiger partial charge in [0.25, 0.3) is 0 Å². The minimum absolute atomic E-state index is 0.0190. The molecule has 0 amide bonds. The van der Waals surface area contributed by atoms with Crippen LogP contribution in [0.4, 0.5) is 0 Å². The maximum absolute atomic E-state index is 11.2. The Hall–Kier alpha value is -0.860. The standard InChI is InChI=1S/C10H16N2O/c1-10(2)9(13)11-12(10)8-6-4-3-5-7-8/h3-7H2,1-2H3. The van der Waals surface area contributed by atoms with Gasteiger partial charge in [-0.1, -0.05) is 11.1 Å². The van der Waals surface area contributed by atoms with Gasteiger partial charge in [0, 0.05) is 26.7 Å². The zero-order valence-corrected chi connectivity index (χ0v) is 8.34. The number of hydrogen-bond donors (Lipinski definition) is 0. The molecular formula is C10H16N2O. The summed E-state index contributed by atoms with van der Waals surface area (Å²) < 4.78 is 1.94. The first-order valence-electron chi connectivity index (χ1n) is 5.03. The normalized spacial score (nSPS) is 26.8. The van der Waals surface area contributed by atoms with Gasteiger partial charge in [-0.25, -0.2) is 0 Å². The highest BCUT2D eigenvalue weighted by molar-refractivity contribution is 5.87. The molecule has 3 nitrogen and oxygen atoms in total. The van der Waals surface area contributed by atoms with Gasteiger partial charge in [0.15, 0.2) is 5.71 Å². The van der Waals surface area contributed by atoms with E-state index in [1.165, 1.54) is 25.0 Å². The molecule has 0 spiro atoms. The fourth-order valence-corrected chi connectivity index (χ4v) is 2.02. The maximum Gasteiger partial charge on any atom is 0.222 e. The smallest absolute Gasteiger partial charge is 0.222 e. The molecule has 1 fully saturated rings. The van der Waals surface area contributed by atoms with E-state index in [-0.39, 0.29) is 11.4 Å². The molecule has 0 aromatic carbocycles. The van der Waals surface area contributed by atoms with Gasteiger partial charge in [0.2, 0.25) is 5.54 Å². The fourth-order valence-electron chi connectivity index (χ4n) is 2.02. The molecule has 1 heterocycles. The van der Waals surface area contributed by atoms with Crippen molar-refractivity contribution in [3.05, 3.63) is 0 Å². The second kappa shape index (κ2) is 2.82. The zero-order chi connectivity index (χ0) is 9.47. The van der Waals surface area contributed by atoms with Crippen LogP contribution in [0.25, 0.3) is 0 Å². The largest absolute Gasteiger partial charge is 0.853 e. The SMILES string of the molecule is CC1(C)C([O-])=N[N+]1=C1CCCCC1.